The van der Waals surface area contributed by atoms with Gasteiger partial charge in [-0.3, -0.25) is 4.79 Å². The molecule has 0 rings (SSSR count). The fraction of sp³-hybridized carbons (Fsp3) is 0.625. The zero-order chi connectivity index (χ0) is 10.4. The standard InChI is InChI=1S/C8H12N2O3/c1-3-6(4-9)7(11)5(2)13-8(10)12/h5-6H,3H2,1-2H3,(H2,10,12). The van der Waals surface area contributed by atoms with Gasteiger partial charge in [0.2, 0.25) is 0 Å². The van der Waals surface area contributed by atoms with Gasteiger partial charge in [-0.25, -0.2) is 4.79 Å². The summed E-state index contributed by atoms with van der Waals surface area (Å²) in [5.74, 6) is -1.14. The summed E-state index contributed by atoms with van der Waals surface area (Å²) in [6, 6.07) is 1.82. The number of nitrogens with two attached hydrogens (primary N) is 1. The Bertz CT molecular complexity index is 244. The van der Waals surface area contributed by atoms with E-state index in [4.69, 9.17) is 11.0 Å². The average Bonchev–Trinajstić information content (AvgIpc) is 2.05. The van der Waals surface area contributed by atoms with Crippen molar-refractivity contribution in [2.45, 2.75) is 26.4 Å². The van der Waals surface area contributed by atoms with Crippen molar-refractivity contribution < 1.29 is 14.3 Å². The number of ketones is 1. The molecule has 0 aliphatic rings. The highest BCUT2D eigenvalue weighted by atomic mass is 16.6. The second-order valence-corrected chi connectivity index (χ2v) is 2.57. The first-order valence-corrected chi connectivity index (χ1v) is 3.92. The van der Waals surface area contributed by atoms with Crippen LogP contribution in [0.3, 0.4) is 0 Å². The lowest BCUT2D eigenvalue weighted by Crippen LogP contribution is -2.31. The Kier molecular flexibility index (Phi) is 4.52. The predicted octanol–water partition coefficient (Wildman–Crippen LogP) is 0.589. The van der Waals surface area contributed by atoms with E-state index in [1.54, 1.807) is 6.92 Å². The molecule has 5 nitrogen and oxygen atoms in total. The van der Waals surface area contributed by atoms with E-state index in [0.29, 0.717) is 6.42 Å². The van der Waals surface area contributed by atoms with Gasteiger partial charge in [0.15, 0.2) is 11.9 Å². The molecule has 5 heteroatoms. The highest BCUT2D eigenvalue weighted by Gasteiger charge is 2.24. The number of ether oxygens (including phenoxy) is 1. The van der Waals surface area contributed by atoms with E-state index in [1.807, 2.05) is 6.07 Å². The topological polar surface area (TPSA) is 93.2 Å². The minimum atomic E-state index is -1.01. The van der Waals surface area contributed by atoms with Crippen molar-refractivity contribution in [3.8, 4) is 6.07 Å². The minimum Gasteiger partial charge on any atom is -0.439 e. The molecule has 0 aliphatic heterocycles. The Morgan fingerprint density at radius 1 is 1.62 bits per heavy atom. The molecule has 0 aromatic rings. The molecule has 72 valence electrons. The molecule has 0 bridgehead atoms. The Hall–Kier alpha value is -1.57. The van der Waals surface area contributed by atoms with Crippen molar-refractivity contribution in [1.29, 1.82) is 5.26 Å². The van der Waals surface area contributed by atoms with Crippen LogP contribution in [0.5, 0.6) is 0 Å². The van der Waals surface area contributed by atoms with Crippen molar-refractivity contribution in [2.24, 2.45) is 11.7 Å². The highest BCUT2D eigenvalue weighted by Crippen LogP contribution is 2.07. The molecule has 0 spiro atoms. The van der Waals surface area contributed by atoms with Gasteiger partial charge in [-0.2, -0.15) is 5.26 Å². The fourth-order valence-corrected chi connectivity index (χ4v) is 0.872. The number of carbonyl (C=O) groups excluding carboxylic acids is 2. The molecule has 0 aromatic heterocycles. The second kappa shape index (κ2) is 5.14. The molecule has 0 radical (unpaired) electrons. The number of hydrogen-bond acceptors (Lipinski definition) is 4. The first-order valence-electron chi connectivity index (χ1n) is 3.92. The van der Waals surface area contributed by atoms with Crippen LogP contribution in [0.2, 0.25) is 0 Å². The van der Waals surface area contributed by atoms with E-state index in [0.717, 1.165) is 0 Å². The molecule has 2 atom stereocenters. The van der Waals surface area contributed by atoms with Gasteiger partial charge in [-0.15, -0.1) is 0 Å². The smallest absolute Gasteiger partial charge is 0.405 e. The molecular formula is C8H12N2O3. The number of nitrogens with zero attached hydrogens (tertiary/aromatic N) is 1. The molecule has 0 saturated carbocycles. The van der Waals surface area contributed by atoms with E-state index in [2.05, 4.69) is 4.74 Å². The summed E-state index contributed by atoms with van der Waals surface area (Å²) in [6.07, 6.45) is -1.54. The van der Waals surface area contributed by atoms with Gasteiger partial charge >= 0.3 is 6.09 Å². The van der Waals surface area contributed by atoms with Crippen molar-refractivity contribution in [3.63, 3.8) is 0 Å². The minimum absolute atomic E-state index is 0.405. The maximum atomic E-state index is 11.3. The molecule has 1 amide bonds. The Balaban J connectivity index is 4.25. The molecule has 13 heavy (non-hydrogen) atoms. The van der Waals surface area contributed by atoms with Crippen molar-refractivity contribution in [3.05, 3.63) is 0 Å². The van der Waals surface area contributed by atoms with E-state index >= 15 is 0 Å². The maximum absolute atomic E-state index is 11.3. The lowest BCUT2D eigenvalue weighted by atomic mass is 9.99. The van der Waals surface area contributed by atoms with Gasteiger partial charge in [0.05, 0.1) is 6.07 Å². The van der Waals surface area contributed by atoms with E-state index in [1.165, 1.54) is 6.92 Å². The van der Waals surface area contributed by atoms with Gasteiger partial charge in [0.1, 0.15) is 5.92 Å². The van der Waals surface area contributed by atoms with Crippen molar-refractivity contribution in [2.75, 3.05) is 0 Å². The summed E-state index contributed by atoms with van der Waals surface area (Å²) in [6.45, 7) is 3.11. The Morgan fingerprint density at radius 3 is 2.46 bits per heavy atom. The quantitative estimate of drug-likeness (QED) is 0.691. The highest BCUT2D eigenvalue weighted by molar-refractivity contribution is 5.88. The van der Waals surface area contributed by atoms with Crippen molar-refractivity contribution in [1.82, 2.24) is 0 Å². The zero-order valence-electron chi connectivity index (χ0n) is 7.61. The summed E-state index contributed by atoms with van der Waals surface area (Å²) in [7, 11) is 0. The molecule has 0 aliphatic carbocycles. The maximum Gasteiger partial charge on any atom is 0.405 e. The van der Waals surface area contributed by atoms with E-state index < -0.39 is 23.9 Å². The first kappa shape index (κ1) is 11.4. The van der Waals surface area contributed by atoms with Crippen LogP contribution >= 0.6 is 0 Å². The number of carbonyl (C=O) groups is 2. The molecule has 2 N–H and O–H groups in total. The molecule has 0 heterocycles. The third kappa shape index (κ3) is 3.56. The lowest BCUT2D eigenvalue weighted by Gasteiger charge is -2.12. The largest absolute Gasteiger partial charge is 0.439 e. The number of nitriles is 1. The van der Waals surface area contributed by atoms with Crippen LogP contribution < -0.4 is 5.73 Å². The van der Waals surface area contributed by atoms with Gasteiger partial charge in [-0.05, 0) is 13.3 Å². The zero-order valence-corrected chi connectivity index (χ0v) is 7.61. The lowest BCUT2D eigenvalue weighted by molar-refractivity contribution is -0.128. The monoisotopic (exact) mass is 184 g/mol. The van der Waals surface area contributed by atoms with Gasteiger partial charge < -0.3 is 10.5 Å². The van der Waals surface area contributed by atoms with Crippen LogP contribution in [0.15, 0.2) is 0 Å². The number of amides is 1. The van der Waals surface area contributed by atoms with Crippen LogP contribution in [0.4, 0.5) is 4.79 Å². The van der Waals surface area contributed by atoms with Gasteiger partial charge in [0.25, 0.3) is 0 Å². The molecule has 2 unspecified atom stereocenters. The van der Waals surface area contributed by atoms with Crippen molar-refractivity contribution >= 4 is 11.9 Å². The number of Topliss-reactive ketones (excluding diaryl/α,β-unsaturated/α-hetero) is 1. The molecular weight excluding hydrogens is 172 g/mol. The molecule has 0 fully saturated rings. The van der Waals surface area contributed by atoms with Crippen LogP contribution in [0.1, 0.15) is 20.3 Å². The summed E-state index contributed by atoms with van der Waals surface area (Å²) in [5, 5.41) is 8.54. The third-order valence-electron chi connectivity index (χ3n) is 1.60. The van der Waals surface area contributed by atoms with Gasteiger partial charge in [-0.1, -0.05) is 6.92 Å². The molecule has 0 saturated heterocycles. The SMILES string of the molecule is CCC(C#N)C(=O)C(C)OC(N)=O. The second-order valence-electron chi connectivity index (χ2n) is 2.57. The number of rotatable bonds is 4. The number of hydrogen-bond donors (Lipinski definition) is 1. The average molecular weight is 184 g/mol. The van der Waals surface area contributed by atoms with E-state index in [-0.39, 0.29) is 0 Å². The Labute approximate surface area is 76.5 Å². The number of primary amides is 1. The van der Waals surface area contributed by atoms with Gasteiger partial charge in [0, 0.05) is 0 Å². The first-order chi connectivity index (χ1) is 6.02. The predicted molar refractivity (Wildman–Crippen MR) is 44.5 cm³/mol. The third-order valence-corrected chi connectivity index (χ3v) is 1.60. The van der Waals surface area contributed by atoms with Crippen LogP contribution in [-0.2, 0) is 9.53 Å². The summed E-state index contributed by atoms with van der Waals surface area (Å²) in [4.78, 5) is 21.6. The normalized spacial score (nSPS) is 13.9. The Morgan fingerprint density at radius 2 is 2.15 bits per heavy atom. The fourth-order valence-electron chi connectivity index (χ4n) is 0.872. The summed E-state index contributed by atoms with van der Waals surface area (Å²) in [5.41, 5.74) is 4.72. The summed E-state index contributed by atoms with van der Waals surface area (Å²) < 4.78 is 4.43. The van der Waals surface area contributed by atoms with Crippen LogP contribution in [0.25, 0.3) is 0 Å². The van der Waals surface area contributed by atoms with Crippen LogP contribution in [-0.4, -0.2) is 18.0 Å². The molecule has 0 aromatic carbocycles. The summed E-state index contributed by atoms with van der Waals surface area (Å²) >= 11 is 0. The van der Waals surface area contributed by atoms with Crippen LogP contribution in [0, 0.1) is 17.2 Å². The van der Waals surface area contributed by atoms with E-state index in [9.17, 15) is 9.59 Å².